The molecule has 0 N–H and O–H groups in total. The first kappa shape index (κ1) is 17.5. The van der Waals surface area contributed by atoms with Crippen molar-refractivity contribution in [3.63, 3.8) is 0 Å². The average molecular weight is 395 g/mol. The highest BCUT2D eigenvalue weighted by Gasteiger charge is 2.11. The van der Waals surface area contributed by atoms with E-state index in [2.05, 4.69) is 50.3 Å². The van der Waals surface area contributed by atoms with Gasteiger partial charge in [0.25, 0.3) is 0 Å². The van der Waals surface area contributed by atoms with Gasteiger partial charge in [0.2, 0.25) is 5.28 Å². The maximum absolute atomic E-state index is 6.21. The highest BCUT2D eigenvalue weighted by atomic mass is 35.5. The second-order valence-electron chi connectivity index (χ2n) is 6.60. The molecule has 0 atom stereocenters. The first-order chi connectivity index (χ1) is 14.3. The van der Waals surface area contributed by atoms with Crippen molar-refractivity contribution in [3.05, 3.63) is 96.5 Å². The lowest BCUT2D eigenvalue weighted by Gasteiger charge is -2.09. The second kappa shape index (κ2) is 7.41. The van der Waals surface area contributed by atoms with Crippen LogP contribution in [0.5, 0.6) is 0 Å². The van der Waals surface area contributed by atoms with Crippen molar-refractivity contribution in [2.75, 3.05) is 0 Å². The third kappa shape index (κ3) is 3.46. The number of aromatic nitrogens is 4. The molecule has 3 aromatic carbocycles. The molecule has 5 rings (SSSR count). The molecule has 0 aliphatic rings. The second-order valence-corrected chi connectivity index (χ2v) is 6.94. The Bertz CT molecular complexity index is 1310. The Morgan fingerprint density at radius 3 is 2.21 bits per heavy atom. The van der Waals surface area contributed by atoms with Crippen LogP contribution in [-0.2, 0) is 0 Å². The highest BCUT2D eigenvalue weighted by Crippen LogP contribution is 2.31. The van der Waals surface area contributed by atoms with Gasteiger partial charge in [-0.2, -0.15) is 9.97 Å². The van der Waals surface area contributed by atoms with Crippen molar-refractivity contribution in [3.8, 4) is 33.9 Å². The van der Waals surface area contributed by atoms with E-state index in [1.54, 1.807) is 6.20 Å². The fourth-order valence-corrected chi connectivity index (χ4v) is 3.55. The van der Waals surface area contributed by atoms with Crippen molar-refractivity contribution < 1.29 is 0 Å². The molecule has 0 aliphatic heterocycles. The van der Waals surface area contributed by atoms with Gasteiger partial charge in [-0.25, -0.2) is 4.98 Å². The van der Waals surface area contributed by atoms with Crippen LogP contribution < -0.4 is 0 Å². The summed E-state index contributed by atoms with van der Waals surface area (Å²) in [5.41, 5.74) is 3.96. The molecular weight excluding hydrogens is 380 g/mol. The number of fused-ring (bicyclic) bond motifs is 1. The van der Waals surface area contributed by atoms with Crippen LogP contribution in [0.3, 0.4) is 0 Å². The monoisotopic (exact) mass is 394 g/mol. The lowest BCUT2D eigenvalue weighted by molar-refractivity contribution is 1.07. The Labute approximate surface area is 172 Å². The number of rotatable bonds is 3. The van der Waals surface area contributed by atoms with Gasteiger partial charge in [-0.1, -0.05) is 66.7 Å². The van der Waals surface area contributed by atoms with Crippen LogP contribution in [0.25, 0.3) is 44.7 Å². The van der Waals surface area contributed by atoms with E-state index in [0.29, 0.717) is 11.6 Å². The van der Waals surface area contributed by atoms with Crippen LogP contribution in [0.15, 0.2) is 91.3 Å². The van der Waals surface area contributed by atoms with Crippen LogP contribution >= 0.6 is 11.6 Å². The van der Waals surface area contributed by atoms with E-state index in [1.807, 2.05) is 54.7 Å². The molecule has 0 unspecified atom stereocenters. The van der Waals surface area contributed by atoms with E-state index >= 15 is 0 Å². The first-order valence-electron chi connectivity index (χ1n) is 9.18. The highest BCUT2D eigenvalue weighted by molar-refractivity contribution is 6.28. The molecule has 2 heterocycles. The first-order valence-corrected chi connectivity index (χ1v) is 9.56. The van der Waals surface area contributed by atoms with E-state index in [9.17, 15) is 0 Å². The van der Waals surface area contributed by atoms with E-state index in [1.165, 1.54) is 0 Å². The minimum Gasteiger partial charge on any atom is -0.264 e. The fraction of sp³-hybridized carbons (Fsp3) is 0. The molecule has 0 bridgehead atoms. The molecule has 0 aliphatic carbocycles. The van der Waals surface area contributed by atoms with Gasteiger partial charge in [0.1, 0.15) is 0 Å². The summed E-state index contributed by atoms with van der Waals surface area (Å²) >= 11 is 6.21. The van der Waals surface area contributed by atoms with Gasteiger partial charge in [-0.15, -0.1) is 0 Å². The lowest BCUT2D eigenvalue weighted by Crippen LogP contribution is -1.97. The van der Waals surface area contributed by atoms with Crippen molar-refractivity contribution in [2.24, 2.45) is 0 Å². The summed E-state index contributed by atoms with van der Waals surface area (Å²) in [4.78, 5) is 17.6. The molecule has 5 aromatic rings. The van der Waals surface area contributed by atoms with Crippen LogP contribution in [-0.4, -0.2) is 19.9 Å². The molecule has 138 valence electrons. The zero-order valence-electron chi connectivity index (χ0n) is 15.3. The summed E-state index contributed by atoms with van der Waals surface area (Å²) in [6.07, 6.45) is 3.70. The number of benzene rings is 3. The van der Waals surface area contributed by atoms with Crippen LogP contribution in [0.4, 0.5) is 0 Å². The van der Waals surface area contributed by atoms with Crippen molar-refractivity contribution in [1.29, 1.82) is 0 Å². The maximum atomic E-state index is 6.21. The summed E-state index contributed by atoms with van der Waals surface area (Å²) in [7, 11) is 0. The molecular formula is C24H15ClN4. The zero-order chi connectivity index (χ0) is 19.6. The van der Waals surface area contributed by atoms with Crippen LogP contribution in [0, 0.1) is 0 Å². The SMILES string of the molecule is Clc1nc(-c2ccccc2)nc(-c2cccc(-c3cccc4ccncc34)c2)n1. The number of hydrogen-bond donors (Lipinski definition) is 0. The van der Waals surface area contributed by atoms with Gasteiger partial charge in [-0.05, 0) is 40.2 Å². The number of pyridine rings is 1. The number of hydrogen-bond acceptors (Lipinski definition) is 4. The van der Waals surface area contributed by atoms with Gasteiger partial charge in [0.15, 0.2) is 11.6 Å². The Balaban J connectivity index is 1.63. The number of halogens is 1. The molecule has 0 spiro atoms. The minimum absolute atomic E-state index is 0.175. The van der Waals surface area contributed by atoms with Gasteiger partial charge in [-0.3, -0.25) is 4.98 Å². The molecule has 29 heavy (non-hydrogen) atoms. The van der Waals surface area contributed by atoms with Crippen LogP contribution in [0.2, 0.25) is 5.28 Å². The summed E-state index contributed by atoms with van der Waals surface area (Å²) in [6, 6.07) is 26.1. The van der Waals surface area contributed by atoms with Crippen molar-refractivity contribution >= 4 is 22.4 Å². The summed E-state index contributed by atoms with van der Waals surface area (Å²) in [5, 5.41) is 2.43. The van der Waals surface area contributed by atoms with Gasteiger partial charge >= 0.3 is 0 Å². The topological polar surface area (TPSA) is 51.6 Å². The Morgan fingerprint density at radius 1 is 0.621 bits per heavy atom. The fourth-order valence-electron chi connectivity index (χ4n) is 3.39. The Morgan fingerprint density at radius 2 is 1.34 bits per heavy atom. The predicted octanol–water partition coefficient (Wildman–Crippen LogP) is 6.07. The quantitative estimate of drug-likeness (QED) is 0.372. The molecule has 0 amide bonds. The van der Waals surface area contributed by atoms with E-state index in [4.69, 9.17) is 11.6 Å². The maximum Gasteiger partial charge on any atom is 0.226 e. The molecule has 0 saturated heterocycles. The largest absolute Gasteiger partial charge is 0.264 e. The third-order valence-electron chi connectivity index (χ3n) is 4.76. The summed E-state index contributed by atoms with van der Waals surface area (Å²) in [6.45, 7) is 0. The van der Waals surface area contributed by atoms with Crippen molar-refractivity contribution in [1.82, 2.24) is 19.9 Å². The normalized spacial score (nSPS) is 10.9. The zero-order valence-corrected chi connectivity index (χ0v) is 16.1. The lowest BCUT2D eigenvalue weighted by atomic mass is 9.98. The Hall–Kier alpha value is -3.63. The smallest absolute Gasteiger partial charge is 0.226 e. The van der Waals surface area contributed by atoms with Crippen molar-refractivity contribution in [2.45, 2.75) is 0 Å². The molecule has 0 radical (unpaired) electrons. The van der Waals surface area contributed by atoms with Crippen LogP contribution in [0.1, 0.15) is 0 Å². The minimum atomic E-state index is 0.175. The molecule has 2 aromatic heterocycles. The molecule has 0 saturated carbocycles. The van der Waals surface area contributed by atoms with E-state index < -0.39 is 0 Å². The summed E-state index contributed by atoms with van der Waals surface area (Å²) in [5.74, 6) is 1.10. The third-order valence-corrected chi connectivity index (χ3v) is 4.92. The standard InChI is InChI=1S/C24H15ClN4/c25-24-28-22(17-6-2-1-3-7-17)27-23(29-24)19-10-4-9-18(14-19)20-11-5-8-16-12-13-26-15-21(16)20/h1-15H. The molecule has 5 heteroatoms. The Kier molecular flexibility index (Phi) is 4.47. The van der Waals surface area contributed by atoms with Gasteiger partial charge in [0.05, 0.1) is 0 Å². The van der Waals surface area contributed by atoms with Gasteiger partial charge < -0.3 is 0 Å². The van der Waals surface area contributed by atoms with E-state index in [-0.39, 0.29) is 5.28 Å². The van der Waals surface area contributed by atoms with Gasteiger partial charge in [0, 0.05) is 28.9 Å². The molecule has 0 fully saturated rings. The summed E-state index contributed by atoms with van der Waals surface area (Å²) < 4.78 is 0. The average Bonchev–Trinajstić information content (AvgIpc) is 2.79. The van der Waals surface area contributed by atoms with E-state index in [0.717, 1.165) is 33.0 Å². The number of nitrogens with zero attached hydrogens (tertiary/aromatic N) is 4. The predicted molar refractivity (Wildman–Crippen MR) is 116 cm³/mol. The molecule has 4 nitrogen and oxygen atoms in total.